The normalized spacial score (nSPS) is 14.3. The van der Waals surface area contributed by atoms with Gasteiger partial charge in [-0.1, -0.05) is 12.1 Å². The molecular weight excluding hydrogens is 394 g/mol. The van der Waals surface area contributed by atoms with Crippen LogP contribution in [0.5, 0.6) is 17.2 Å². The van der Waals surface area contributed by atoms with Gasteiger partial charge in [0.25, 0.3) is 0 Å². The molecule has 1 saturated heterocycles. The standard InChI is InChI=1S/C24H33N3O4/c1-17-7-6-8-20(18(17)2)27-11-9-26(10-12-27)16-23(28)25-15-19-13-21(29-3)24(31-5)22(14-19)30-4/h6-8,13-14H,9-12,15-16H2,1-5H3,(H,25,28). The molecule has 0 saturated carbocycles. The van der Waals surface area contributed by atoms with E-state index in [0.717, 1.165) is 31.7 Å². The summed E-state index contributed by atoms with van der Waals surface area (Å²) in [6.07, 6.45) is 0. The number of anilines is 1. The van der Waals surface area contributed by atoms with Crippen molar-refractivity contribution in [2.45, 2.75) is 20.4 Å². The van der Waals surface area contributed by atoms with Crippen LogP contribution in [0, 0.1) is 13.8 Å². The van der Waals surface area contributed by atoms with Gasteiger partial charge in [-0.15, -0.1) is 0 Å². The number of carbonyl (C=O) groups excluding carboxylic acids is 1. The number of methoxy groups -OCH3 is 3. The molecule has 0 unspecified atom stereocenters. The van der Waals surface area contributed by atoms with E-state index in [1.807, 2.05) is 12.1 Å². The van der Waals surface area contributed by atoms with Gasteiger partial charge in [0.1, 0.15) is 0 Å². The SMILES string of the molecule is COc1cc(CNC(=O)CN2CCN(c3cccc(C)c3C)CC2)cc(OC)c1OC. The number of hydrogen-bond donors (Lipinski definition) is 1. The first-order chi connectivity index (χ1) is 15.0. The van der Waals surface area contributed by atoms with Gasteiger partial charge in [-0.25, -0.2) is 0 Å². The van der Waals surface area contributed by atoms with E-state index in [4.69, 9.17) is 14.2 Å². The number of ether oxygens (including phenoxy) is 3. The Bertz CT molecular complexity index is 883. The first-order valence-electron chi connectivity index (χ1n) is 10.6. The van der Waals surface area contributed by atoms with E-state index < -0.39 is 0 Å². The van der Waals surface area contributed by atoms with Crippen LogP contribution in [0.1, 0.15) is 16.7 Å². The van der Waals surface area contributed by atoms with Gasteiger partial charge in [-0.3, -0.25) is 9.69 Å². The van der Waals surface area contributed by atoms with Crippen LogP contribution in [0.15, 0.2) is 30.3 Å². The third-order valence-electron chi connectivity index (χ3n) is 5.87. The van der Waals surface area contributed by atoms with Crippen molar-refractivity contribution in [1.29, 1.82) is 0 Å². The molecular formula is C24H33N3O4. The lowest BCUT2D eigenvalue weighted by atomic mass is 10.1. The third kappa shape index (κ3) is 5.41. The molecule has 0 aromatic heterocycles. The van der Waals surface area contributed by atoms with Gasteiger partial charge in [0.15, 0.2) is 11.5 Å². The largest absolute Gasteiger partial charge is 0.493 e. The maximum Gasteiger partial charge on any atom is 0.234 e. The zero-order valence-electron chi connectivity index (χ0n) is 19.2. The Morgan fingerprint density at radius 2 is 1.61 bits per heavy atom. The van der Waals surface area contributed by atoms with Gasteiger partial charge in [0, 0.05) is 38.4 Å². The van der Waals surface area contributed by atoms with Crippen molar-refractivity contribution in [2.75, 3.05) is 59.0 Å². The second-order valence-electron chi connectivity index (χ2n) is 7.79. The van der Waals surface area contributed by atoms with Crippen molar-refractivity contribution in [2.24, 2.45) is 0 Å². The summed E-state index contributed by atoms with van der Waals surface area (Å²) in [6, 6.07) is 10.1. The van der Waals surface area contributed by atoms with Crippen LogP contribution < -0.4 is 24.4 Å². The van der Waals surface area contributed by atoms with E-state index in [9.17, 15) is 4.79 Å². The summed E-state index contributed by atoms with van der Waals surface area (Å²) in [7, 11) is 4.73. The molecule has 0 aliphatic carbocycles. The average Bonchev–Trinajstić information content (AvgIpc) is 2.79. The van der Waals surface area contributed by atoms with Crippen molar-refractivity contribution in [1.82, 2.24) is 10.2 Å². The number of carbonyl (C=O) groups is 1. The number of amides is 1. The smallest absolute Gasteiger partial charge is 0.234 e. The number of nitrogens with one attached hydrogen (secondary N) is 1. The minimum Gasteiger partial charge on any atom is -0.493 e. The number of benzene rings is 2. The van der Waals surface area contributed by atoms with E-state index in [2.05, 4.69) is 47.2 Å². The minimum atomic E-state index is 0.00828. The highest BCUT2D eigenvalue weighted by molar-refractivity contribution is 5.78. The molecule has 0 spiro atoms. The monoisotopic (exact) mass is 427 g/mol. The van der Waals surface area contributed by atoms with Crippen LogP contribution in [-0.2, 0) is 11.3 Å². The van der Waals surface area contributed by atoms with E-state index >= 15 is 0 Å². The summed E-state index contributed by atoms with van der Waals surface area (Å²) in [4.78, 5) is 17.1. The van der Waals surface area contributed by atoms with Crippen LogP contribution in [0.3, 0.4) is 0 Å². The molecule has 1 fully saturated rings. The Labute approximate surface area is 184 Å². The molecule has 7 heteroatoms. The summed E-state index contributed by atoms with van der Waals surface area (Å²) < 4.78 is 16.1. The van der Waals surface area contributed by atoms with Crippen LogP contribution in [0.4, 0.5) is 5.69 Å². The highest BCUT2D eigenvalue weighted by Gasteiger charge is 2.20. The maximum absolute atomic E-state index is 12.5. The number of hydrogen-bond acceptors (Lipinski definition) is 6. The summed E-state index contributed by atoms with van der Waals surface area (Å²) in [5.74, 6) is 1.71. The van der Waals surface area contributed by atoms with Gasteiger partial charge in [-0.05, 0) is 48.7 Å². The fraction of sp³-hybridized carbons (Fsp3) is 0.458. The van der Waals surface area contributed by atoms with E-state index in [1.165, 1.54) is 16.8 Å². The van der Waals surface area contributed by atoms with Gasteiger partial charge in [0.05, 0.1) is 27.9 Å². The number of nitrogens with zero attached hydrogens (tertiary/aromatic N) is 2. The average molecular weight is 428 g/mol. The molecule has 1 aliphatic rings. The molecule has 7 nitrogen and oxygen atoms in total. The minimum absolute atomic E-state index is 0.00828. The predicted octanol–water partition coefficient (Wildman–Crippen LogP) is 2.77. The summed E-state index contributed by atoms with van der Waals surface area (Å²) >= 11 is 0. The van der Waals surface area contributed by atoms with Gasteiger partial charge >= 0.3 is 0 Å². The lowest BCUT2D eigenvalue weighted by Crippen LogP contribution is -2.49. The van der Waals surface area contributed by atoms with Gasteiger partial charge in [0.2, 0.25) is 11.7 Å². The molecule has 31 heavy (non-hydrogen) atoms. The molecule has 1 heterocycles. The molecule has 2 aromatic rings. The maximum atomic E-state index is 12.5. The molecule has 3 rings (SSSR count). The first-order valence-corrected chi connectivity index (χ1v) is 10.6. The van der Waals surface area contributed by atoms with Crippen molar-refractivity contribution in [3.05, 3.63) is 47.0 Å². The summed E-state index contributed by atoms with van der Waals surface area (Å²) in [5.41, 5.74) is 4.83. The van der Waals surface area contributed by atoms with Crippen molar-refractivity contribution in [3.8, 4) is 17.2 Å². The predicted molar refractivity (Wildman–Crippen MR) is 123 cm³/mol. The highest BCUT2D eigenvalue weighted by atomic mass is 16.5. The van der Waals surface area contributed by atoms with Crippen LogP contribution in [0.25, 0.3) is 0 Å². The zero-order chi connectivity index (χ0) is 22.4. The number of aryl methyl sites for hydroxylation is 1. The third-order valence-corrected chi connectivity index (χ3v) is 5.87. The molecule has 0 bridgehead atoms. The van der Waals surface area contributed by atoms with Crippen LogP contribution >= 0.6 is 0 Å². The summed E-state index contributed by atoms with van der Waals surface area (Å²) in [5, 5.41) is 3.00. The molecule has 2 aromatic carbocycles. The van der Waals surface area contributed by atoms with Crippen LogP contribution in [0.2, 0.25) is 0 Å². The number of rotatable bonds is 8. The second kappa shape index (κ2) is 10.4. The molecule has 0 atom stereocenters. The molecule has 1 aliphatic heterocycles. The topological polar surface area (TPSA) is 63.3 Å². The summed E-state index contributed by atoms with van der Waals surface area (Å²) in [6.45, 7) is 8.69. The Morgan fingerprint density at radius 3 is 2.19 bits per heavy atom. The van der Waals surface area contributed by atoms with Crippen molar-refractivity contribution in [3.63, 3.8) is 0 Å². The highest BCUT2D eigenvalue weighted by Crippen LogP contribution is 2.38. The Kier molecular flexibility index (Phi) is 7.63. The zero-order valence-corrected chi connectivity index (χ0v) is 19.2. The molecule has 0 radical (unpaired) electrons. The fourth-order valence-electron chi connectivity index (χ4n) is 3.92. The Morgan fingerprint density at radius 1 is 0.968 bits per heavy atom. The molecule has 168 valence electrons. The lowest BCUT2D eigenvalue weighted by molar-refractivity contribution is -0.122. The van der Waals surface area contributed by atoms with Crippen molar-refractivity contribution < 1.29 is 19.0 Å². The van der Waals surface area contributed by atoms with E-state index in [0.29, 0.717) is 30.3 Å². The molecule has 1 N–H and O–H groups in total. The quantitative estimate of drug-likeness (QED) is 0.699. The van der Waals surface area contributed by atoms with E-state index in [1.54, 1.807) is 21.3 Å². The number of piperazine rings is 1. The van der Waals surface area contributed by atoms with E-state index in [-0.39, 0.29) is 5.91 Å². The van der Waals surface area contributed by atoms with Crippen molar-refractivity contribution >= 4 is 11.6 Å². The van der Waals surface area contributed by atoms with Gasteiger partial charge in [-0.2, -0.15) is 0 Å². The second-order valence-corrected chi connectivity index (χ2v) is 7.79. The Balaban J connectivity index is 1.51. The van der Waals surface area contributed by atoms with Gasteiger partial charge < -0.3 is 24.4 Å². The van der Waals surface area contributed by atoms with Crippen LogP contribution in [-0.4, -0.2) is 64.9 Å². The lowest BCUT2D eigenvalue weighted by Gasteiger charge is -2.36. The Hall–Kier alpha value is -2.93. The fourth-order valence-corrected chi connectivity index (χ4v) is 3.92. The molecule has 1 amide bonds. The first kappa shape index (κ1) is 22.7.